The van der Waals surface area contributed by atoms with Crippen LogP contribution < -0.4 is 5.32 Å². The number of esters is 1. The molecule has 0 aliphatic carbocycles. The molecule has 1 atom stereocenters. The first-order chi connectivity index (χ1) is 11.6. The van der Waals surface area contributed by atoms with E-state index in [4.69, 9.17) is 9.47 Å². The average Bonchev–Trinajstić information content (AvgIpc) is 2.60. The van der Waals surface area contributed by atoms with E-state index in [9.17, 15) is 14.0 Å². The Labute approximate surface area is 139 Å². The highest BCUT2D eigenvalue weighted by atomic mass is 19.1. The van der Waals surface area contributed by atoms with Gasteiger partial charge >= 0.3 is 5.97 Å². The molecule has 2 aromatic rings. The number of anilines is 1. The Balaban J connectivity index is 2.13. The maximum atomic E-state index is 12.9. The second kappa shape index (κ2) is 8.79. The molecule has 0 fully saturated rings. The summed E-state index contributed by atoms with van der Waals surface area (Å²) in [6.07, 6.45) is -1.12. The molecule has 24 heavy (non-hydrogen) atoms. The average molecular weight is 331 g/mol. The topological polar surface area (TPSA) is 64.6 Å². The molecule has 1 amide bonds. The second-order valence-corrected chi connectivity index (χ2v) is 4.91. The lowest BCUT2D eigenvalue weighted by atomic mass is 10.1. The number of benzene rings is 2. The van der Waals surface area contributed by atoms with Gasteiger partial charge in [0.1, 0.15) is 12.4 Å². The molecule has 0 aliphatic heterocycles. The third-order valence-corrected chi connectivity index (χ3v) is 3.13. The van der Waals surface area contributed by atoms with Crippen LogP contribution in [0.3, 0.4) is 0 Å². The Kier molecular flexibility index (Phi) is 6.45. The molecule has 0 bridgehead atoms. The van der Waals surface area contributed by atoms with Crippen LogP contribution >= 0.6 is 0 Å². The summed E-state index contributed by atoms with van der Waals surface area (Å²) < 4.78 is 23.2. The van der Waals surface area contributed by atoms with Crippen LogP contribution in [-0.2, 0) is 19.1 Å². The van der Waals surface area contributed by atoms with Gasteiger partial charge in [0, 0.05) is 17.9 Å². The van der Waals surface area contributed by atoms with Crippen molar-refractivity contribution in [2.75, 3.05) is 18.5 Å². The fourth-order valence-corrected chi connectivity index (χ4v) is 1.99. The SMILES string of the molecule is CCOCC(=O)O[C@H](C(=O)Nc1ccc(F)cc1)c1ccccc1. The molecule has 0 saturated heterocycles. The van der Waals surface area contributed by atoms with Gasteiger partial charge in [0.2, 0.25) is 6.10 Å². The van der Waals surface area contributed by atoms with Crippen LogP contribution in [0, 0.1) is 5.82 Å². The standard InChI is InChI=1S/C18H18FNO4/c1-2-23-12-16(21)24-17(13-6-4-3-5-7-13)18(22)20-15-10-8-14(19)9-11-15/h3-11,17H,2,12H2,1H3,(H,20,22)/t17-/m0/s1. The largest absolute Gasteiger partial charge is 0.446 e. The number of carbonyl (C=O) groups excluding carboxylic acids is 2. The summed E-state index contributed by atoms with van der Waals surface area (Å²) in [5, 5.41) is 2.61. The van der Waals surface area contributed by atoms with Gasteiger partial charge in [0.25, 0.3) is 5.91 Å². The minimum atomic E-state index is -1.12. The number of halogens is 1. The lowest BCUT2D eigenvalue weighted by Gasteiger charge is -2.18. The van der Waals surface area contributed by atoms with Crippen LogP contribution in [0.4, 0.5) is 10.1 Å². The molecule has 0 heterocycles. The first-order valence-corrected chi connectivity index (χ1v) is 7.48. The summed E-state index contributed by atoms with van der Waals surface area (Å²) >= 11 is 0. The van der Waals surface area contributed by atoms with Crippen molar-refractivity contribution in [2.24, 2.45) is 0 Å². The van der Waals surface area contributed by atoms with E-state index in [0.29, 0.717) is 17.9 Å². The molecule has 2 rings (SSSR count). The van der Waals surface area contributed by atoms with Gasteiger partial charge in [0.15, 0.2) is 0 Å². The Morgan fingerprint density at radius 2 is 1.75 bits per heavy atom. The summed E-state index contributed by atoms with van der Waals surface area (Å²) in [6, 6.07) is 14.0. The summed E-state index contributed by atoms with van der Waals surface area (Å²) in [5.41, 5.74) is 0.935. The highest BCUT2D eigenvalue weighted by Gasteiger charge is 2.25. The molecule has 2 aromatic carbocycles. The molecule has 5 nitrogen and oxygen atoms in total. The van der Waals surface area contributed by atoms with Crippen molar-refractivity contribution in [1.82, 2.24) is 0 Å². The van der Waals surface area contributed by atoms with Gasteiger partial charge in [-0.25, -0.2) is 9.18 Å². The first-order valence-electron chi connectivity index (χ1n) is 7.48. The predicted molar refractivity (Wildman–Crippen MR) is 86.8 cm³/mol. The Morgan fingerprint density at radius 3 is 2.38 bits per heavy atom. The highest BCUT2D eigenvalue weighted by molar-refractivity contribution is 5.96. The molecule has 0 saturated carbocycles. The fourth-order valence-electron chi connectivity index (χ4n) is 1.99. The van der Waals surface area contributed by atoms with Crippen molar-refractivity contribution < 1.29 is 23.5 Å². The van der Waals surface area contributed by atoms with E-state index in [1.54, 1.807) is 37.3 Å². The predicted octanol–water partition coefficient (Wildman–Crippen LogP) is 3.09. The van der Waals surface area contributed by atoms with Gasteiger partial charge in [-0.15, -0.1) is 0 Å². The molecule has 126 valence electrons. The van der Waals surface area contributed by atoms with Crippen LogP contribution in [0.2, 0.25) is 0 Å². The van der Waals surface area contributed by atoms with Crippen molar-refractivity contribution >= 4 is 17.6 Å². The Bertz CT molecular complexity index is 673. The van der Waals surface area contributed by atoms with E-state index in [-0.39, 0.29) is 6.61 Å². The summed E-state index contributed by atoms with van der Waals surface area (Å²) in [7, 11) is 0. The molecule has 0 aromatic heterocycles. The van der Waals surface area contributed by atoms with Crippen LogP contribution in [0.15, 0.2) is 54.6 Å². The smallest absolute Gasteiger partial charge is 0.333 e. The maximum Gasteiger partial charge on any atom is 0.333 e. The fraction of sp³-hybridized carbons (Fsp3) is 0.222. The normalized spacial score (nSPS) is 11.6. The minimum absolute atomic E-state index is 0.232. The van der Waals surface area contributed by atoms with Gasteiger partial charge in [-0.1, -0.05) is 30.3 Å². The zero-order valence-electron chi connectivity index (χ0n) is 13.2. The number of hydrogen-bond acceptors (Lipinski definition) is 4. The lowest BCUT2D eigenvalue weighted by Crippen LogP contribution is -2.27. The van der Waals surface area contributed by atoms with Crippen LogP contribution in [0.1, 0.15) is 18.6 Å². The lowest BCUT2D eigenvalue weighted by molar-refractivity contribution is -0.159. The highest BCUT2D eigenvalue weighted by Crippen LogP contribution is 2.20. The van der Waals surface area contributed by atoms with Crippen molar-refractivity contribution in [3.8, 4) is 0 Å². The molecule has 0 aliphatic rings. The third-order valence-electron chi connectivity index (χ3n) is 3.13. The van der Waals surface area contributed by atoms with E-state index < -0.39 is 23.8 Å². The number of hydrogen-bond donors (Lipinski definition) is 1. The van der Waals surface area contributed by atoms with E-state index in [1.165, 1.54) is 24.3 Å². The molecule has 0 radical (unpaired) electrons. The van der Waals surface area contributed by atoms with Gasteiger partial charge in [-0.2, -0.15) is 0 Å². The zero-order valence-corrected chi connectivity index (χ0v) is 13.2. The zero-order chi connectivity index (χ0) is 17.4. The number of amides is 1. The van der Waals surface area contributed by atoms with Gasteiger partial charge in [0.05, 0.1) is 0 Å². The number of ether oxygens (including phenoxy) is 2. The maximum absolute atomic E-state index is 12.9. The quantitative estimate of drug-likeness (QED) is 0.792. The van der Waals surface area contributed by atoms with Gasteiger partial charge in [-0.05, 0) is 31.2 Å². The first kappa shape index (κ1) is 17.6. The van der Waals surface area contributed by atoms with Crippen molar-refractivity contribution in [3.05, 3.63) is 66.0 Å². The summed E-state index contributed by atoms with van der Waals surface area (Å²) in [6.45, 7) is 1.89. The Morgan fingerprint density at radius 1 is 1.08 bits per heavy atom. The van der Waals surface area contributed by atoms with Crippen LogP contribution in [-0.4, -0.2) is 25.1 Å². The minimum Gasteiger partial charge on any atom is -0.446 e. The summed E-state index contributed by atoms with van der Waals surface area (Å²) in [4.78, 5) is 24.3. The Hall–Kier alpha value is -2.73. The molecular formula is C18H18FNO4. The number of nitrogens with one attached hydrogen (secondary N) is 1. The van der Waals surface area contributed by atoms with Crippen LogP contribution in [0.5, 0.6) is 0 Å². The number of rotatable bonds is 7. The molecule has 6 heteroatoms. The molecular weight excluding hydrogens is 313 g/mol. The van der Waals surface area contributed by atoms with E-state index in [0.717, 1.165) is 0 Å². The third kappa shape index (κ3) is 5.17. The van der Waals surface area contributed by atoms with Crippen molar-refractivity contribution in [1.29, 1.82) is 0 Å². The second-order valence-electron chi connectivity index (χ2n) is 4.91. The van der Waals surface area contributed by atoms with E-state index >= 15 is 0 Å². The molecule has 0 spiro atoms. The van der Waals surface area contributed by atoms with E-state index in [2.05, 4.69) is 5.32 Å². The van der Waals surface area contributed by atoms with Crippen LogP contribution in [0.25, 0.3) is 0 Å². The monoisotopic (exact) mass is 331 g/mol. The van der Waals surface area contributed by atoms with Gasteiger partial charge < -0.3 is 14.8 Å². The molecule has 1 N–H and O–H groups in total. The van der Waals surface area contributed by atoms with E-state index in [1.807, 2.05) is 0 Å². The van der Waals surface area contributed by atoms with Gasteiger partial charge in [-0.3, -0.25) is 4.79 Å². The van der Waals surface area contributed by atoms with Crippen molar-refractivity contribution in [2.45, 2.75) is 13.0 Å². The number of carbonyl (C=O) groups is 2. The summed E-state index contributed by atoms with van der Waals surface area (Å²) in [5.74, 6) is -1.58. The van der Waals surface area contributed by atoms with Crippen molar-refractivity contribution in [3.63, 3.8) is 0 Å². The molecule has 0 unspecified atom stereocenters.